The van der Waals surface area contributed by atoms with Gasteiger partial charge in [0.25, 0.3) is 0 Å². The molecular weight excluding hydrogens is 334 g/mol. The molecule has 3 aromatic rings. The Labute approximate surface area is 160 Å². The smallest absolute Gasteiger partial charge is 0.220 e. The van der Waals surface area contributed by atoms with Crippen LogP contribution in [0.2, 0.25) is 0 Å². The van der Waals surface area contributed by atoms with Crippen molar-refractivity contribution in [2.75, 3.05) is 6.54 Å². The summed E-state index contributed by atoms with van der Waals surface area (Å²) in [5.41, 5.74) is 6.61. The van der Waals surface area contributed by atoms with Gasteiger partial charge in [0.1, 0.15) is 0 Å². The second kappa shape index (κ2) is 8.18. The van der Waals surface area contributed by atoms with E-state index in [2.05, 4.69) is 60.3 Å². The first-order valence-corrected chi connectivity index (χ1v) is 9.17. The average Bonchev–Trinajstić information content (AvgIpc) is 3.09. The molecule has 1 N–H and O–H groups in total. The van der Waals surface area contributed by atoms with E-state index in [1.165, 1.54) is 11.1 Å². The SMILES string of the molecule is C=CCNCc1c(C)nc2n(/C=C/C=C(/C)C=C(C)C)c3ncccc3n12. The van der Waals surface area contributed by atoms with Gasteiger partial charge in [0.15, 0.2) is 5.65 Å². The predicted octanol–water partition coefficient (Wildman–Crippen LogP) is 4.65. The molecule has 0 aliphatic rings. The number of imidazole rings is 2. The number of hydrogen-bond acceptors (Lipinski definition) is 3. The lowest BCUT2D eigenvalue weighted by atomic mass is 10.2. The van der Waals surface area contributed by atoms with Gasteiger partial charge < -0.3 is 5.32 Å². The van der Waals surface area contributed by atoms with Crippen LogP contribution in [0.15, 0.2) is 60.4 Å². The zero-order valence-electron chi connectivity index (χ0n) is 16.5. The molecule has 3 heterocycles. The molecule has 0 spiro atoms. The summed E-state index contributed by atoms with van der Waals surface area (Å²) < 4.78 is 4.23. The second-order valence-electron chi connectivity index (χ2n) is 6.89. The fourth-order valence-electron chi connectivity index (χ4n) is 3.23. The Morgan fingerprint density at radius 2 is 2.11 bits per heavy atom. The number of fused-ring (bicyclic) bond motifs is 3. The highest BCUT2D eigenvalue weighted by Gasteiger charge is 2.17. The molecule has 0 bridgehead atoms. The summed E-state index contributed by atoms with van der Waals surface area (Å²) in [6.45, 7) is 13.6. The fraction of sp³-hybridized carbons (Fsp3) is 0.273. The number of allylic oxidation sites excluding steroid dienone is 5. The van der Waals surface area contributed by atoms with Gasteiger partial charge in [-0.1, -0.05) is 29.4 Å². The van der Waals surface area contributed by atoms with E-state index >= 15 is 0 Å². The maximum atomic E-state index is 4.81. The minimum Gasteiger partial charge on any atom is -0.308 e. The summed E-state index contributed by atoms with van der Waals surface area (Å²) in [5.74, 6) is 0.876. The number of rotatable bonds is 7. The minimum atomic E-state index is 0.732. The number of nitrogens with one attached hydrogen (secondary N) is 1. The van der Waals surface area contributed by atoms with Crippen molar-refractivity contribution < 1.29 is 0 Å². The molecule has 0 saturated carbocycles. The molecule has 0 aliphatic carbocycles. The lowest BCUT2D eigenvalue weighted by Gasteiger charge is -2.02. The monoisotopic (exact) mass is 361 g/mol. The maximum absolute atomic E-state index is 4.81. The van der Waals surface area contributed by atoms with E-state index in [9.17, 15) is 0 Å². The van der Waals surface area contributed by atoms with Crippen molar-refractivity contribution in [1.29, 1.82) is 0 Å². The van der Waals surface area contributed by atoms with Crippen LogP contribution in [-0.2, 0) is 6.54 Å². The van der Waals surface area contributed by atoms with Gasteiger partial charge in [-0.15, -0.1) is 6.58 Å². The zero-order valence-corrected chi connectivity index (χ0v) is 16.5. The van der Waals surface area contributed by atoms with Gasteiger partial charge in [-0.05, 0) is 45.9 Å². The predicted molar refractivity (Wildman–Crippen MR) is 114 cm³/mol. The molecule has 0 atom stereocenters. The van der Waals surface area contributed by atoms with Gasteiger partial charge in [-0.25, -0.2) is 9.97 Å². The van der Waals surface area contributed by atoms with Crippen LogP contribution in [0, 0.1) is 6.92 Å². The molecule has 27 heavy (non-hydrogen) atoms. The van der Waals surface area contributed by atoms with Crippen molar-refractivity contribution in [2.45, 2.75) is 34.2 Å². The van der Waals surface area contributed by atoms with Crippen LogP contribution in [0.3, 0.4) is 0 Å². The Morgan fingerprint density at radius 1 is 1.30 bits per heavy atom. The molecule has 5 nitrogen and oxygen atoms in total. The third-order valence-electron chi connectivity index (χ3n) is 4.30. The van der Waals surface area contributed by atoms with Gasteiger partial charge in [-0.3, -0.25) is 8.97 Å². The second-order valence-corrected chi connectivity index (χ2v) is 6.89. The highest BCUT2D eigenvalue weighted by Crippen LogP contribution is 2.23. The summed E-state index contributed by atoms with van der Waals surface area (Å²) in [6.07, 6.45) is 12.0. The Bertz CT molecular complexity index is 1060. The van der Waals surface area contributed by atoms with Crippen molar-refractivity contribution >= 4 is 23.1 Å². The average molecular weight is 361 g/mol. The first-order valence-electron chi connectivity index (χ1n) is 9.17. The topological polar surface area (TPSA) is 47.2 Å². The Kier molecular flexibility index (Phi) is 5.72. The lowest BCUT2D eigenvalue weighted by molar-refractivity contribution is 0.733. The molecule has 3 aromatic heterocycles. The van der Waals surface area contributed by atoms with Crippen molar-refractivity contribution in [1.82, 2.24) is 24.3 Å². The van der Waals surface area contributed by atoms with Crippen LogP contribution in [0.25, 0.3) is 23.1 Å². The molecule has 0 aliphatic heterocycles. The molecule has 0 aromatic carbocycles. The quantitative estimate of drug-likeness (QED) is 0.378. The molecule has 0 fully saturated rings. The van der Waals surface area contributed by atoms with Gasteiger partial charge in [0, 0.05) is 25.5 Å². The van der Waals surface area contributed by atoms with Gasteiger partial charge in [0.05, 0.1) is 16.9 Å². The van der Waals surface area contributed by atoms with E-state index in [0.717, 1.165) is 41.4 Å². The standard InChI is InChI=1S/C22H27N5/c1-6-11-23-15-20-18(5)25-22-26(13-8-9-17(4)14-16(2)3)21-19(27(20)22)10-7-12-24-21/h6-10,12-14,23H,1,11,15H2,2-5H3/b13-8+,17-9-. The Hall–Kier alpha value is -2.92. The van der Waals surface area contributed by atoms with Crippen LogP contribution in [0.5, 0.6) is 0 Å². The van der Waals surface area contributed by atoms with Crippen LogP contribution >= 0.6 is 0 Å². The van der Waals surface area contributed by atoms with E-state index in [0.29, 0.717) is 0 Å². The number of hydrogen-bond donors (Lipinski definition) is 1. The van der Waals surface area contributed by atoms with Crippen LogP contribution in [0.4, 0.5) is 0 Å². The first-order chi connectivity index (χ1) is 13.0. The summed E-state index contributed by atoms with van der Waals surface area (Å²) in [4.78, 5) is 9.40. The third-order valence-corrected chi connectivity index (χ3v) is 4.30. The van der Waals surface area contributed by atoms with E-state index < -0.39 is 0 Å². The molecular formula is C22H27N5. The van der Waals surface area contributed by atoms with E-state index in [1.54, 1.807) is 0 Å². The normalized spacial score (nSPS) is 12.4. The summed E-state index contributed by atoms with van der Waals surface area (Å²) in [6, 6.07) is 4.05. The van der Waals surface area contributed by atoms with Crippen LogP contribution < -0.4 is 5.32 Å². The third kappa shape index (κ3) is 3.93. The highest BCUT2D eigenvalue weighted by atomic mass is 15.2. The molecule has 0 radical (unpaired) electrons. The fourth-order valence-corrected chi connectivity index (χ4v) is 3.23. The molecule has 0 saturated heterocycles. The summed E-state index contributed by atoms with van der Waals surface area (Å²) in [5, 5.41) is 3.38. The summed E-state index contributed by atoms with van der Waals surface area (Å²) >= 11 is 0. The number of aromatic nitrogens is 4. The minimum absolute atomic E-state index is 0.732. The number of aryl methyl sites for hydroxylation is 1. The molecule has 3 rings (SSSR count). The molecule has 140 valence electrons. The Balaban J connectivity index is 2.10. The van der Waals surface area contributed by atoms with Crippen molar-refractivity contribution in [2.24, 2.45) is 0 Å². The summed E-state index contributed by atoms with van der Waals surface area (Å²) in [7, 11) is 0. The van der Waals surface area contributed by atoms with Gasteiger partial charge in [-0.2, -0.15) is 0 Å². The van der Waals surface area contributed by atoms with E-state index in [1.807, 2.05) is 42.1 Å². The van der Waals surface area contributed by atoms with Gasteiger partial charge in [0.2, 0.25) is 5.78 Å². The van der Waals surface area contributed by atoms with E-state index in [4.69, 9.17) is 4.98 Å². The van der Waals surface area contributed by atoms with Crippen molar-refractivity contribution in [3.63, 3.8) is 0 Å². The molecule has 0 amide bonds. The van der Waals surface area contributed by atoms with Crippen LogP contribution in [0.1, 0.15) is 32.2 Å². The highest BCUT2D eigenvalue weighted by molar-refractivity contribution is 5.80. The molecule has 0 unspecified atom stereocenters. The van der Waals surface area contributed by atoms with Gasteiger partial charge >= 0.3 is 0 Å². The lowest BCUT2D eigenvalue weighted by Crippen LogP contribution is -2.14. The Morgan fingerprint density at radius 3 is 2.85 bits per heavy atom. The largest absolute Gasteiger partial charge is 0.308 e. The number of pyridine rings is 1. The molecule has 5 heteroatoms. The van der Waals surface area contributed by atoms with Crippen molar-refractivity contribution in [3.8, 4) is 0 Å². The first kappa shape index (κ1) is 18.9. The van der Waals surface area contributed by atoms with Crippen LogP contribution in [-0.4, -0.2) is 25.5 Å². The maximum Gasteiger partial charge on any atom is 0.220 e. The van der Waals surface area contributed by atoms with Crippen molar-refractivity contribution in [3.05, 3.63) is 71.7 Å². The zero-order chi connectivity index (χ0) is 19.4. The number of nitrogens with zero attached hydrogens (tertiary/aromatic N) is 4. The van der Waals surface area contributed by atoms with E-state index in [-0.39, 0.29) is 0 Å².